The van der Waals surface area contributed by atoms with Crippen LogP contribution in [-0.2, 0) is 9.47 Å². The van der Waals surface area contributed by atoms with Crippen LogP contribution in [0.25, 0.3) is 0 Å². The summed E-state index contributed by atoms with van der Waals surface area (Å²) in [6.07, 6.45) is 5.24. The third-order valence-electron chi connectivity index (χ3n) is 2.89. The van der Waals surface area contributed by atoms with Gasteiger partial charge in [0.15, 0.2) is 5.79 Å². The Labute approximate surface area is 109 Å². The fraction of sp³-hybridized carbons (Fsp3) is 0.714. The number of hydrogen-bond acceptors (Lipinski definition) is 4. The highest BCUT2D eigenvalue weighted by Gasteiger charge is 2.31. The summed E-state index contributed by atoms with van der Waals surface area (Å²) < 4.78 is 11.1. The molecule has 4 heteroatoms. The zero-order valence-electron chi connectivity index (χ0n) is 11.3. The summed E-state index contributed by atoms with van der Waals surface area (Å²) in [7, 11) is 0. The first-order valence-electron chi connectivity index (χ1n) is 6.38. The van der Waals surface area contributed by atoms with Gasteiger partial charge in [0.25, 0.3) is 0 Å². The molecule has 1 aliphatic heterocycles. The van der Waals surface area contributed by atoms with E-state index in [1.165, 1.54) is 0 Å². The van der Waals surface area contributed by atoms with Crippen LogP contribution in [0.3, 0.4) is 0 Å². The van der Waals surface area contributed by atoms with Gasteiger partial charge in [-0.2, -0.15) is 0 Å². The molecule has 0 spiro atoms. The number of hydrogen-bond donors (Lipinski definition) is 2. The molecule has 1 rings (SSSR count). The van der Waals surface area contributed by atoms with Crippen LogP contribution < -0.4 is 0 Å². The molecule has 1 fully saturated rings. The van der Waals surface area contributed by atoms with Crippen molar-refractivity contribution in [1.29, 1.82) is 0 Å². The lowest BCUT2D eigenvalue weighted by Gasteiger charge is -2.16. The molecular weight excluding hydrogens is 232 g/mol. The van der Waals surface area contributed by atoms with Crippen molar-refractivity contribution in [3.05, 3.63) is 24.3 Å². The van der Waals surface area contributed by atoms with Gasteiger partial charge in [-0.3, -0.25) is 0 Å². The van der Waals surface area contributed by atoms with E-state index in [2.05, 4.69) is 6.58 Å². The van der Waals surface area contributed by atoms with E-state index in [0.29, 0.717) is 19.4 Å². The van der Waals surface area contributed by atoms with Crippen LogP contribution >= 0.6 is 0 Å². The highest BCUT2D eigenvalue weighted by Crippen LogP contribution is 2.24. The predicted octanol–water partition coefficient (Wildman–Crippen LogP) is 1.77. The third kappa shape index (κ3) is 5.31. The Morgan fingerprint density at radius 3 is 2.78 bits per heavy atom. The van der Waals surface area contributed by atoms with Crippen LogP contribution in [0.4, 0.5) is 0 Å². The minimum atomic E-state index is -0.621. The van der Waals surface area contributed by atoms with E-state index in [1.807, 2.05) is 26.0 Å². The molecule has 2 N–H and O–H groups in total. The molecule has 0 saturated carbocycles. The van der Waals surface area contributed by atoms with E-state index in [0.717, 1.165) is 12.0 Å². The minimum absolute atomic E-state index is 0.0216. The molecule has 18 heavy (non-hydrogen) atoms. The largest absolute Gasteiger partial charge is 0.396 e. The Kier molecular flexibility index (Phi) is 6.02. The first-order chi connectivity index (χ1) is 8.44. The maximum atomic E-state index is 9.56. The van der Waals surface area contributed by atoms with Gasteiger partial charge in [0.1, 0.15) is 0 Å². The standard InChI is InChI=1S/C14H24O4/c1-11(13(16)8-9-15)6-4-5-7-12-10-17-14(2,3)18-12/h4-5,12-13,15-16H,1,6-10H2,2-3H3/b5-4+/t12-,13-/m0/s1. The maximum absolute atomic E-state index is 9.56. The Bertz CT molecular complexity index is 296. The van der Waals surface area contributed by atoms with Crippen molar-refractivity contribution >= 4 is 0 Å². The lowest BCUT2D eigenvalue weighted by atomic mass is 10.1. The van der Waals surface area contributed by atoms with Crippen LogP contribution in [0.2, 0.25) is 0 Å². The van der Waals surface area contributed by atoms with Gasteiger partial charge in [0, 0.05) is 13.0 Å². The molecule has 0 radical (unpaired) electrons. The highest BCUT2D eigenvalue weighted by molar-refractivity contribution is 5.07. The first kappa shape index (κ1) is 15.4. The quantitative estimate of drug-likeness (QED) is 0.682. The van der Waals surface area contributed by atoms with Crippen LogP contribution in [0, 0.1) is 0 Å². The molecule has 1 saturated heterocycles. The summed E-state index contributed by atoms with van der Waals surface area (Å²) in [5.74, 6) is -0.473. The number of rotatable bonds is 7. The zero-order chi connectivity index (χ0) is 13.6. The van der Waals surface area contributed by atoms with E-state index in [4.69, 9.17) is 14.6 Å². The van der Waals surface area contributed by atoms with Crippen molar-refractivity contribution in [3.63, 3.8) is 0 Å². The molecule has 2 atom stereocenters. The average Bonchev–Trinajstić information content (AvgIpc) is 2.64. The maximum Gasteiger partial charge on any atom is 0.163 e. The topological polar surface area (TPSA) is 58.9 Å². The third-order valence-corrected chi connectivity index (χ3v) is 2.89. The van der Waals surface area contributed by atoms with Gasteiger partial charge in [0.05, 0.1) is 18.8 Å². The second kappa shape index (κ2) is 7.04. The van der Waals surface area contributed by atoms with Crippen molar-refractivity contribution < 1.29 is 19.7 Å². The normalized spacial score (nSPS) is 24.6. The smallest absolute Gasteiger partial charge is 0.163 e. The molecule has 0 unspecified atom stereocenters. The lowest BCUT2D eigenvalue weighted by molar-refractivity contribution is -0.137. The van der Waals surface area contributed by atoms with Gasteiger partial charge in [-0.15, -0.1) is 0 Å². The van der Waals surface area contributed by atoms with Crippen LogP contribution in [0.5, 0.6) is 0 Å². The van der Waals surface area contributed by atoms with E-state index < -0.39 is 11.9 Å². The first-order valence-corrected chi connectivity index (χ1v) is 6.38. The molecular formula is C14H24O4. The van der Waals surface area contributed by atoms with Crippen molar-refractivity contribution in [2.75, 3.05) is 13.2 Å². The van der Waals surface area contributed by atoms with Crippen LogP contribution in [0.1, 0.15) is 33.1 Å². The molecule has 0 aromatic carbocycles. The average molecular weight is 256 g/mol. The fourth-order valence-corrected chi connectivity index (χ4v) is 1.82. The minimum Gasteiger partial charge on any atom is -0.396 e. The lowest BCUT2D eigenvalue weighted by Crippen LogP contribution is -2.21. The van der Waals surface area contributed by atoms with Crippen molar-refractivity contribution in [2.24, 2.45) is 0 Å². The van der Waals surface area contributed by atoms with Gasteiger partial charge in [-0.1, -0.05) is 18.7 Å². The Balaban J connectivity index is 2.20. The second-order valence-electron chi connectivity index (χ2n) is 5.05. The van der Waals surface area contributed by atoms with Gasteiger partial charge in [-0.25, -0.2) is 0 Å². The van der Waals surface area contributed by atoms with E-state index in [1.54, 1.807) is 0 Å². The predicted molar refractivity (Wildman–Crippen MR) is 70.1 cm³/mol. The van der Waals surface area contributed by atoms with Gasteiger partial charge in [-0.05, 0) is 32.3 Å². The summed E-state index contributed by atoms with van der Waals surface area (Å²) in [5.41, 5.74) is 0.726. The molecule has 0 aromatic rings. The summed E-state index contributed by atoms with van der Waals surface area (Å²) in [6, 6.07) is 0. The molecule has 1 aliphatic rings. The number of allylic oxidation sites excluding steroid dienone is 1. The Morgan fingerprint density at radius 2 is 2.22 bits per heavy atom. The van der Waals surface area contributed by atoms with E-state index in [-0.39, 0.29) is 12.7 Å². The van der Waals surface area contributed by atoms with Gasteiger partial charge < -0.3 is 19.7 Å². The second-order valence-corrected chi connectivity index (χ2v) is 5.05. The Hall–Kier alpha value is -0.680. The molecule has 104 valence electrons. The summed E-state index contributed by atoms with van der Waals surface area (Å²) in [5, 5.41) is 18.3. The van der Waals surface area contributed by atoms with Gasteiger partial charge >= 0.3 is 0 Å². The highest BCUT2D eigenvalue weighted by atomic mass is 16.7. The van der Waals surface area contributed by atoms with Crippen molar-refractivity contribution in [2.45, 2.75) is 51.1 Å². The molecule has 1 heterocycles. The SMILES string of the molecule is C=C(C/C=C/C[C@H]1COC(C)(C)O1)[C@@H](O)CCO. The number of aliphatic hydroxyl groups excluding tert-OH is 2. The number of aliphatic hydroxyl groups is 2. The molecule has 0 aliphatic carbocycles. The zero-order valence-corrected chi connectivity index (χ0v) is 11.3. The molecule has 4 nitrogen and oxygen atoms in total. The fourth-order valence-electron chi connectivity index (χ4n) is 1.82. The Morgan fingerprint density at radius 1 is 1.50 bits per heavy atom. The molecule has 0 aromatic heterocycles. The van der Waals surface area contributed by atoms with E-state index in [9.17, 15) is 5.11 Å². The number of ether oxygens (including phenoxy) is 2. The summed E-state index contributed by atoms with van der Waals surface area (Å²) in [6.45, 7) is 8.21. The monoisotopic (exact) mass is 256 g/mol. The summed E-state index contributed by atoms with van der Waals surface area (Å²) >= 11 is 0. The molecule has 0 amide bonds. The van der Waals surface area contributed by atoms with Crippen molar-refractivity contribution in [1.82, 2.24) is 0 Å². The molecule has 0 bridgehead atoms. The van der Waals surface area contributed by atoms with Gasteiger partial charge in [0.2, 0.25) is 0 Å². The van der Waals surface area contributed by atoms with Crippen LogP contribution in [0.15, 0.2) is 24.3 Å². The van der Waals surface area contributed by atoms with Crippen LogP contribution in [-0.4, -0.2) is 41.4 Å². The van der Waals surface area contributed by atoms with E-state index >= 15 is 0 Å². The summed E-state index contributed by atoms with van der Waals surface area (Å²) in [4.78, 5) is 0. The van der Waals surface area contributed by atoms with Crippen molar-refractivity contribution in [3.8, 4) is 0 Å².